The summed E-state index contributed by atoms with van der Waals surface area (Å²) in [6.07, 6.45) is 3.82. The Labute approximate surface area is 181 Å². The van der Waals surface area contributed by atoms with Gasteiger partial charge in [-0.1, -0.05) is 37.3 Å². The van der Waals surface area contributed by atoms with Gasteiger partial charge < -0.3 is 11.1 Å². The van der Waals surface area contributed by atoms with Crippen molar-refractivity contribution in [2.75, 3.05) is 5.73 Å². The van der Waals surface area contributed by atoms with Crippen molar-refractivity contribution in [2.24, 2.45) is 5.92 Å². The third-order valence-corrected chi connectivity index (χ3v) is 5.40. The molecule has 0 radical (unpaired) electrons. The number of aromatic nitrogens is 3. The highest BCUT2D eigenvalue weighted by Gasteiger charge is 2.16. The predicted molar refractivity (Wildman–Crippen MR) is 123 cm³/mol. The lowest BCUT2D eigenvalue weighted by Crippen LogP contribution is -2.30. The van der Waals surface area contributed by atoms with E-state index >= 15 is 0 Å². The fourth-order valence-corrected chi connectivity index (χ4v) is 3.65. The van der Waals surface area contributed by atoms with Crippen LogP contribution in [0.15, 0.2) is 67.0 Å². The number of benzene rings is 2. The average molecular weight is 412 g/mol. The maximum Gasteiger partial charge on any atom is 0.223 e. The summed E-state index contributed by atoms with van der Waals surface area (Å²) in [4.78, 5) is 25.4. The molecule has 0 saturated heterocycles. The molecule has 31 heavy (non-hydrogen) atoms. The molecule has 6 nitrogen and oxygen atoms in total. The molecule has 0 fully saturated rings. The van der Waals surface area contributed by atoms with Crippen molar-refractivity contribution < 1.29 is 4.79 Å². The fourth-order valence-electron chi connectivity index (χ4n) is 3.65. The van der Waals surface area contributed by atoms with Gasteiger partial charge in [-0.2, -0.15) is 0 Å². The fraction of sp³-hybridized carbons (Fsp3) is 0.200. The van der Waals surface area contributed by atoms with Gasteiger partial charge in [0.1, 0.15) is 11.6 Å². The minimum atomic E-state index is -0.259. The Hall–Kier alpha value is -3.80. The highest BCUT2D eigenvalue weighted by Crippen LogP contribution is 2.28. The summed E-state index contributed by atoms with van der Waals surface area (Å²) >= 11 is 0. The highest BCUT2D eigenvalue weighted by atomic mass is 16.1. The van der Waals surface area contributed by atoms with Gasteiger partial charge in [0.05, 0.1) is 12.1 Å². The Balaban J connectivity index is 1.53. The molecular weight excluding hydrogens is 386 g/mol. The van der Waals surface area contributed by atoms with E-state index in [1.165, 1.54) is 11.1 Å². The molecule has 0 saturated carbocycles. The summed E-state index contributed by atoms with van der Waals surface area (Å²) in [6, 6.07) is 18.3. The number of carbonyl (C=O) groups is 1. The van der Waals surface area contributed by atoms with Crippen molar-refractivity contribution in [3.8, 4) is 11.1 Å². The van der Waals surface area contributed by atoms with Crippen LogP contribution in [0.4, 0.5) is 5.82 Å². The molecule has 1 amide bonds. The van der Waals surface area contributed by atoms with Gasteiger partial charge in [-0.05, 0) is 59.9 Å². The molecule has 4 aromatic rings. The molecule has 0 aliphatic carbocycles. The Morgan fingerprint density at radius 3 is 2.61 bits per heavy atom. The van der Waals surface area contributed by atoms with Crippen molar-refractivity contribution in [2.45, 2.75) is 26.8 Å². The molecular formula is C25H25N5O. The van der Waals surface area contributed by atoms with Crippen molar-refractivity contribution in [1.82, 2.24) is 20.3 Å². The zero-order valence-corrected chi connectivity index (χ0v) is 17.7. The van der Waals surface area contributed by atoms with Crippen LogP contribution in [0.5, 0.6) is 0 Å². The van der Waals surface area contributed by atoms with Gasteiger partial charge in [0.15, 0.2) is 0 Å². The predicted octanol–water partition coefficient (Wildman–Crippen LogP) is 4.08. The topological polar surface area (TPSA) is 93.8 Å². The number of nitrogens with two attached hydrogens (primary N) is 1. The van der Waals surface area contributed by atoms with Gasteiger partial charge in [0.25, 0.3) is 0 Å². The third kappa shape index (κ3) is 4.69. The number of hydrogen-bond donors (Lipinski definition) is 2. The molecule has 2 heterocycles. The number of nitrogens with zero attached hydrogens (tertiary/aromatic N) is 3. The van der Waals surface area contributed by atoms with Gasteiger partial charge in [-0.15, -0.1) is 0 Å². The van der Waals surface area contributed by atoms with E-state index in [1.54, 1.807) is 18.5 Å². The quantitative estimate of drug-likeness (QED) is 0.499. The standard InChI is InChI=1S/C25H25N5O/c1-16-6-3-4-7-21(16)18-8-9-22-19(13-18)14-20(24(26)30-22)12-17(2)25(31)29-15-23-27-10-5-11-28-23/h3-11,13-14,17H,12,15H2,1-2H3,(H2,26,30)(H,29,31). The maximum atomic E-state index is 12.5. The van der Waals surface area contributed by atoms with Crippen molar-refractivity contribution in [3.63, 3.8) is 0 Å². The van der Waals surface area contributed by atoms with E-state index in [9.17, 15) is 4.79 Å². The van der Waals surface area contributed by atoms with Crippen LogP contribution in [-0.2, 0) is 17.8 Å². The molecule has 1 atom stereocenters. The van der Waals surface area contributed by atoms with Crippen LogP contribution in [-0.4, -0.2) is 20.9 Å². The first kappa shape index (κ1) is 20.5. The molecule has 0 aliphatic heterocycles. The Morgan fingerprint density at radius 1 is 1.06 bits per heavy atom. The van der Waals surface area contributed by atoms with Crippen LogP contribution in [0.1, 0.15) is 23.9 Å². The Bertz CT molecular complexity index is 1220. The molecule has 3 N–H and O–H groups in total. The summed E-state index contributed by atoms with van der Waals surface area (Å²) in [6.45, 7) is 4.29. The van der Waals surface area contributed by atoms with Crippen LogP contribution in [0.25, 0.3) is 22.0 Å². The Kier molecular flexibility index (Phi) is 5.89. The van der Waals surface area contributed by atoms with E-state index in [-0.39, 0.29) is 11.8 Å². The number of rotatable bonds is 6. The second-order valence-electron chi connectivity index (χ2n) is 7.74. The minimum Gasteiger partial charge on any atom is -0.383 e. The first-order chi connectivity index (χ1) is 15.0. The van der Waals surface area contributed by atoms with Gasteiger partial charge in [-0.25, -0.2) is 15.0 Å². The second kappa shape index (κ2) is 8.92. The average Bonchev–Trinajstić information content (AvgIpc) is 2.78. The van der Waals surface area contributed by atoms with E-state index in [0.29, 0.717) is 24.6 Å². The van der Waals surface area contributed by atoms with Gasteiger partial charge in [-0.3, -0.25) is 4.79 Å². The first-order valence-corrected chi connectivity index (χ1v) is 10.3. The summed E-state index contributed by atoms with van der Waals surface area (Å²) in [5.41, 5.74) is 11.5. The number of pyridine rings is 1. The zero-order chi connectivity index (χ0) is 21.8. The minimum absolute atomic E-state index is 0.0689. The monoisotopic (exact) mass is 411 g/mol. The third-order valence-electron chi connectivity index (χ3n) is 5.40. The lowest BCUT2D eigenvalue weighted by molar-refractivity contribution is -0.124. The van der Waals surface area contributed by atoms with Gasteiger partial charge in [0, 0.05) is 23.7 Å². The Morgan fingerprint density at radius 2 is 1.84 bits per heavy atom. The summed E-state index contributed by atoms with van der Waals surface area (Å²) in [5.74, 6) is 0.714. The van der Waals surface area contributed by atoms with Crippen LogP contribution in [0.2, 0.25) is 0 Å². The molecule has 2 aromatic heterocycles. The highest BCUT2D eigenvalue weighted by molar-refractivity contribution is 5.87. The van der Waals surface area contributed by atoms with E-state index in [0.717, 1.165) is 22.0 Å². The van der Waals surface area contributed by atoms with E-state index in [2.05, 4.69) is 51.5 Å². The maximum absolute atomic E-state index is 12.5. The summed E-state index contributed by atoms with van der Waals surface area (Å²) in [7, 11) is 0. The molecule has 2 aromatic carbocycles. The number of hydrogen-bond acceptors (Lipinski definition) is 5. The molecule has 156 valence electrons. The normalized spacial score (nSPS) is 11.9. The van der Waals surface area contributed by atoms with Crippen molar-refractivity contribution in [1.29, 1.82) is 0 Å². The number of anilines is 1. The van der Waals surface area contributed by atoms with E-state index < -0.39 is 0 Å². The number of carbonyl (C=O) groups excluding carboxylic acids is 1. The zero-order valence-electron chi connectivity index (χ0n) is 17.7. The number of nitrogen functional groups attached to an aromatic ring is 1. The number of nitrogens with one attached hydrogen (secondary N) is 1. The van der Waals surface area contributed by atoms with Crippen LogP contribution < -0.4 is 11.1 Å². The first-order valence-electron chi connectivity index (χ1n) is 10.3. The molecule has 4 rings (SSSR count). The summed E-state index contributed by atoms with van der Waals surface area (Å²) in [5, 5.41) is 3.90. The van der Waals surface area contributed by atoms with Crippen LogP contribution >= 0.6 is 0 Å². The molecule has 1 unspecified atom stereocenters. The van der Waals surface area contributed by atoms with Crippen molar-refractivity contribution >= 4 is 22.6 Å². The molecule has 0 spiro atoms. The molecule has 6 heteroatoms. The second-order valence-corrected chi connectivity index (χ2v) is 7.74. The van der Waals surface area contributed by atoms with Gasteiger partial charge in [0.2, 0.25) is 5.91 Å². The SMILES string of the molecule is Cc1ccccc1-c1ccc2nc(N)c(CC(C)C(=O)NCc3ncccn3)cc2c1. The summed E-state index contributed by atoms with van der Waals surface area (Å²) < 4.78 is 0. The molecule has 0 bridgehead atoms. The molecule has 0 aliphatic rings. The largest absolute Gasteiger partial charge is 0.383 e. The van der Waals surface area contributed by atoms with E-state index in [1.807, 2.05) is 31.2 Å². The van der Waals surface area contributed by atoms with E-state index in [4.69, 9.17) is 5.73 Å². The van der Waals surface area contributed by atoms with Crippen LogP contribution in [0, 0.1) is 12.8 Å². The number of amides is 1. The van der Waals surface area contributed by atoms with Crippen LogP contribution in [0.3, 0.4) is 0 Å². The smallest absolute Gasteiger partial charge is 0.223 e. The van der Waals surface area contributed by atoms with Gasteiger partial charge >= 0.3 is 0 Å². The number of fused-ring (bicyclic) bond motifs is 1. The lowest BCUT2D eigenvalue weighted by Gasteiger charge is -2.14. The van der Waals surface area contributed by atoms with Crippen molar-refractivity contribution in [3.05, 3.63) is 83.9 Å². The lowest BCUT2D eigenvalue weighted by atomic mass is 9.96. The number of aryl methyl sites for hydroxylation is 1.